The van der Waals surface area contributed by atoms with E-state index in [1.165, 1.54) is 7.11 Å². The number of hydrogen-bond donors (Lipinski definition) is 1. The number of aryl methyl sites for hydroxylation is 2. The summed E-state index contributed by atoms with van der Waals surface area (Å²) in [6.07, 6.45) is 0. The van der Waals surface area contributed by atoms with Gasteiger partial charge in [0, 0.05) is 0 Å². The molecule has 0 radical (unpaired) electrons. The zero-order valence-electron chi connectivity index (χ0n) is 11.7. The van der Waals surface area contributed by atoms with E-state index in [1.54, 1.807) is 14.0 Å². The Morgan fingerprint density at radius 1 is 1.39 bits per heavy atom. The monoisotopic (exact) mass is 251 g/mol. The SMILES string of the molecule is CNC(C)(COc1cc(C)ccc1C)C(=O)OC. The molecule has 0 saturated carbocycles. The lowest BCUT2D eigenvalue weighted by molar-refractivity contribution is -0.148. The summed E-state index contributed by atoms with van der Waals surface area (Å²) < 4.78 is 10.5. The first-order valence-electron chi connectivity index (χ1n) is 5.90. The van der Waals surface area contributed by atoms with Crippen molar-refractivity contribution in [3.05, 3.63) is 29.3 Å². The summed E-state index contributed by atoms with van der Waals surface area (Å²) in [7, 11) is 3.08. The minimum Gasteiger partial charge on any atom is -0.491 e. The summed E-state index contributed by atoms with van der Waals surface area (Å²) in [5, 5.41) is 2.93. The lowest BCUT2D eigenvalue weighted by Crippen LogP contribution is -2.52. The number of esters is 1. The Morgan fingerprint density at radius 2 is 2.06 bits per heavy atom. The third-order valence-electron chi connectivity index (χ3n) is 3.05. The number of likely N-dealkylation sites (N-methyl/N-ethyl adjacent to an activating group) is 1. The Balaban J connectivity index is 2.80. The van der Waals surface area contributed by atoms with Crippen LogP contribution in [0.2, 0.25) is 0 Å². The molecule has 1 aromatic carbocycles. The van der Waals surface area contributed by atoms with Gasteiger partial charge < -0.3 is 14.8 Å². The molecule has 0 aliphatic carbocycles. The van der Waals surface area contributed by atoms with Crippen molar-refractivity contribution in [1.82, 2.24) is 5.32 Å². The van der Waals surface area contributed by atoms with Crippen LogP contribution in [0.25, 0.3) is 0 Å². The molecule has 0 fully saturated rings. The Hall–Kier alpha value is -1.55. The molecule has 0 heterocycles. The van der Waals surface area contributed by atoms with Crippen molar-refractivity contribution < 1.29 is 14.3 Å². The first-order chi connectivity index (χ1) is 8.42. The van der Waals surface area contributed by atoms with Crippen molar-refractivity contribution in [3.8, 4) is 5.75 Å². The molecule has 1 aromatic rings. The zero-order valence-corrected chi connectivity index (χ0v) is 11.7. The second-order valence-electron chi connectivity index (χ2n) is 4.63. The third-order valence-corrected chi connectivity index (χ3v) is 3.05. The molecule has 1 atom stereocenters. The molecule has 0 spiro atoms. The molecule has 0 bridgehead atoms. The smallest absolute Gasteiger partial charge is 0.329 e. The van der Waals surface area contributed by atoms with Gasteiger partial charge in [-0.15, -0.1) is 0 Å². The van der Waals surface area contributed by atoms with Crippen molar-refractivity contribution in [1.29, 1.82) is 0 Å². The lowest BCUT2D eigenvalue weighted by atomic mass is 10.0. The van der Waals surface area contributed by atoms with Crippen LogP contribution in [0, 0.1) is 13.8 Å². The fourth-order valence-electron chi connectivity index (χ4n) is 1.54. The molecule has 1 rings (SSSR count). The van der Waals surface area contributed by atoms with Gasteiger partial charge in [-0.25, -0.2) is 4.79 Å². The summed E-state index contributed by atoms with van der Waals surface area (Å²) in [5.41, 5.74) is 1.33. The van der Waals surface area contributed by atoms with Crippen LogP contribution in [-0.4, -0.2) is 32.3 Å². The number of hydrogen-bond acceptors (Lipinski definition) is 4. The van der Waals surface area contributed by atoms with Crippen LogP contribution >= 0.6 is 0 Å². The molecule has 18 heavy (non-hydrogen) atoms. The standard InChI is InChI=1S/C14H21NO3/c1-10-6-7-11(2)12(8-10)18-9-14(3,15-4)13(16)17-5/h6-8,15H,9H2,1-5H3. The number of carbonyl (C=O) groups is 1. The maximum absolute atomic E-state index is 11.7. The van der Waals surface area contributed by atoms with Crippen molar-refractivity contribution in [3.63, 3.8) is 0 Å². The first kappa shape index (κ1) is 14.5. The van der Waals surface area contributed by atoms with Crippen LogP contribution in [-0.2, 0) is 9.53 Å². The number of methoxy groups -OCH3 is 1. The topological polar surface area (TPSA) is 47.6 Å². The zero-order chi connectivity index (χ0) is 13.8. The van der Waals surface area contributed by atoms with Crippen molar-refractivity contribution >= 4 is 5.97 Å². The fourth-order valence-corrected chi connectivity index (χ4v) is 1.54. The highest BCUT2D eigenvalue weighted by atomic mass is 16.5. The quantitative estimate of drug-likeness (QED) is 0.811. The normalized spacial score (nSPS) is 13.8. The second-order valence-corrected chi connectivity index (χ2v) is 4.63. The molecule has 1 unspecified atom stereocenters. The van der Waals surface area contributed by atoms with Crippen LogP contribution in [0.3, 0.4) is 0 Å². The highest BCUT2D eigenvalue weighted by molar-refractivity contribution is 5.80. The molecule has 0 amide bonds. The summed E-state index contributed by atoms with van der Waals surface area (Å²) >= 11 is 0. The summed E-state index contributed by atoms with van der Waals surface area (Å²) in [5.74, 6) is 0.454. The molecule has 0 aliphatic rings. The maximum atomic E-state index is 11.7. The average Bonchev–Trinajstić information content (AvgIpc) is 2.38. The van der Waals surface area contributed by atoms with E-state index < -0.39 is 5.54 Å². The van der Waals surface area contributed by atoms with E-state index in [4.69, 9.17) is 9.47 Å². The summed E-state index contributed by atoms with van der Waals surface area (Å²) in [4.78, 5) is 11.7. The average molecular weight is 251 g/mol. The molecule has 100 valence electrons. The summed E-state index contributed by atoms with van der Waals surface area (Å²) in [6, 6.07) is 5.99. The minimum atomic E-state index is -0.842. The molecule has 0 aliphatic heterocycles. The predicted octanol–water partition coefficient (Wildman–Crippen LogP) is 1.83. The summed E-state index contributed by atoms with van der Waals surface area (Å²) in [6.45, 7) is 5.96. The van der Waals surface area contributed by atoms with Crippen LogP contribution < -0.4 is 10.1 Å². The van der Waals surface area contributed by atoms with Gasteiger partial charge in [-0.3, -0.25) is 0 Å². The van der Waals surface area contributed by atoms with Gasteiger partial charge in [-0.05, 0) is 45.0 Å². The lowest BCUT2D eigenvalue weighted by Gasteiger charge is -2.26. The van der Waals surface area contributed by atoms with E-state index in [2.05, 4.69) is 5.32 Å². The van der Waals surface area contributed by atoms with Gasteiger partial charge in [0.25, 0.3) is 0 Å². The minimum absolute atomic E-state index is 0.223. The van der Waals surface area contributed by atoms with E-state index in [-0.39, 0.29) is 12.6 Å². The van der Waals surface area contributed by atoms with E-state index in [9.17, 15) is 4.79 Å². The Bertz CT molecular complexity index is 431. The highest BCUT2D eigenvalue weighted by Crippen LogP contribution is 2.20. The highest BCUT2D eigenvalue weighted by Gasteiger charge is 2.33. The second kappa shape index (κ2) is 5.87. The Kier molecular flexibility index (Phi) is 4.73. The molecular weight excluding hydrogens is 230 g/mol. The van der Waals surface area contributed by atoms with Gasteiger partial charge in [-0.1, -0.05) is 12.1 Å². The number of nitrogens with one attached hydrogen (secondary N) is 1. The van der Waals surface area contributed by atoms with Crippen molar-refractivity contribution in [2.24, 2.45) is 0 Å². The predicted molar refractivity (Wildman–Crippen MR) is 70.9 cm³/mol. The number of rotatable bonds is 5. The van der Waals surface area contributed by atoms with Gasteiger partial charge in [0.05, 0.1) is 7.11 Å². The largest absolute Gasteiger partial charge is 0.491 e. The van der Waals surface area contributed by atoms with Crippen LogP contribution in [0.5, 0.6) is 5.75 Å². The van der Waals surface area contributed by atoms with Gasteiger partial charge in [0.1, 0.15) is 17.9 Å². The van der Waals surface area contributed by atoms with E-state index in [0.717, 1.165) is 16.9 Å². The first-order valence-corrected chi connectivity index (χ1v) is 5.90. The van der Waals surface area contributed by atoms with Crippen LogP contribution in [0.15, 0.2) is 18.2 Å². The molecule has 0 aromatic heterocycles. The van der Waals surface area contributed by atoms with Crippen LogP contribution in [0.1, 0.15) is 18.1 Å². The Labute approximate surface area is 108 Å². The van der Waals surface area contributed by atoms with Gasteiger partial charge in [0.15, 0.2) is 0 Å². The number of carbonyl (C=O) groups excluding carboxylic acids is 1. The van der Waals surface area contributed by atoms with Gasteiger partial charge in [0.2, 0.25) is 0 Å². The number of ether oxygens (including phenoxy) is 2. The maximum Gasteiger partial charge on any atom is 0.329 e. The van der Waals surface area contributed by atoms with Gasteiger partial charge in [-0.2, -0.15) is 0 Å². The van der Waals surface area contributed by atoms with Gasteiger partial charge >= 0.3 is 5.97 Å². The molecule has 4 heteroatoms. The van der Waals surface area contributed by atoms with Crippen LogP contribution in [0.4, 0.5) is 0 Å². The van der Waals surface area contributed by atoms with Crippen molar-refractivity contribution in [2.45, 2.75) is 26.3 Å². The van der Waals surface area contributed by atoms with Crippen molar-refractivity contribution in [2.75, 3.05) is 20.8 Å². The number of benzene rings is 1. The fraction of sp³-hybridized carbons (Fsp3) is 0.500. The van der Waals surface area contributed by atoms with E-state index >= 15 is 0 Å². The van der Waals surface area contributed by atoms with E-state index in [1.807, 2.05) is 32.0 Å². The Morgan fingerprint density at radius 3 is 2.61 bits per heavy atom. The molecule has 4 nitrogen and oxygen atoms in total. The van der Waals surface area contributed by atoms with E-state index in [0.29, 0.717) is 0 Å². The molecule has 0 saturated heterocycles. The molecular formula is C14H21NO3. The molecule has 1 N–H and O–H groups in total. The third kappa shape index (κ3) is 3.23.